The molecule has 3 rings (SSSR count). The molecule has 6 nitrogen and oxygen atoms in total. The number of carbonyl (C=O) groups excluding carboxylic acids is 1. The van der Waals surface area contributed by atoms with Gasteiger partial charge in [-0.3, -0.25) is 4.79 Å². The third-order valence-corrected chi connectivity index (χ3v) is 3.35. The molecule has 6 heteroatoms. The molecule has 0 saturated heterocycles. The van der Waals surface area contributed by atoms with Gasteiger partial charge in [0.25, 0.3) is 0 Å². The zero-order valence-corrected chi connectivity index (χ0v) is 12.5. The molecule has 0 atom stereocenters. The molecule has 2 aromatic heterocycles. The van der Waals surface area contributed by atoms with Gasteiger partial charge in [0.1, 0.15) is 17.4 Å². The third kappa shape index (κ3) is 3.37. The Morgan fingerprint density at radius 3 is 2.91 bits per heavy atom. The van der Waals surface area contributed by atoms with E-state index in [4.69, 9.17) is 4.74 Å². The molecule has 2 heterocycles. The van der Waals surface area contributed by atoms with Crippen LogP contribution < -0.4 is 10.1 Å². The minimum absolute atomic E-state index is 0.301. The zero-order valence-electron chi connectivity index (χ0n) is 12.5. The van der Waals surface area contributed by atoms with Crippen molar-refractivity contribution in [1.29, 1.82) is 0 Å². The molecule has 2 N–H and O–H groups in total. The summed E-state index contributed by atoms with van der Waals surface area (Å²) in [4.78, 5) is 22.8. The minimum atomic E-state index is -0.301. The van der Waals surface area contributed by atoms with Gasteiger partial charge in [-0.25, -0.2) is 9.97 Å². The summed E-state index contributed by atoms with van der Waals surface area (Å²) in [5.74, 6) is 0.136. The topological polar surface area (TPSA) is 79.9 Å². The molecule has 0 spiro atoms. The number of aromatic amines is 1. The summed E-state index contributed by atoms with van der Waals surface area (Å²) in [6, 6.07) is 10.1. The predicted octanol–water partition coefficient (Wildman–Crippen LogP) is 2.70. The van der Waals surface area contributed by atoms with Crippen LogP contribution in [0.5, 0.6) is 5.88 Å². The second kappa shape index (κ2) is 6.74. The Kier molecular flexibility index (Phi) is 4.33. The fraction of sp³-hybridized carbons (Fsp3) is 0.118. The van der Waals surface area contributed by atoms with Crippen LogP contribution in [0.4, 0.5) is 5.69 Å². The van der Waals surface area contributed by atoms with Crippen LogP contribution in [0.2, 0.25) is 0 Å². The second-order valence-corrected chi connectivity index (χ2v) is 4.88. The quantitative estimate of drug-likeness (QED) is 0.686. The average Bonchev–Trinajstić information content (AvgIpc) is 2.99. The molecule has 0 unspecified atom stereocenters. The Morgan fingerprint density at radius 2 is 2.13 bits per heavy atom. The van der Waals surface area contributed by atoms with Crippen molar-refractivity contribution < 1.29 is 9.53 Å². The summed E-state index contributed by atoms with van der Waals surface area (Å²) in [5.41, 5.74) is 2.36. The molecule has 0 radical (unpaired) electrons. The van der Waals surface area contributed by atoms with Gasteiger partial charge in [-0.15, -0.1) is 0 Å². The number of carbonyl (C=O) groups is 1. The van der Waals surface area contributed by atoms with Crippen molar-refractivity contribution in [2.75, 3.05) is 11.9 Å². The van der Waals surface area contributed by atoms with Crippen molar-refractivity contribution in [3.63, 3.8) is 0 Å². The number of H-pyrrole nitrogens is 1. The SMILES string of the molecule is C=CC(=O)Nc1c[nH]c2ncnc(OCCc3ccccc3)c12. The lowest BCUT2D eigenvalue weighted by Crippen LogP contribution is -2.08. The van der Waals surface area contributed by atoms with E-state index in [-0.39, 0.29) is 5.91 Å². The lowest BCUT2D eigenvalue weighted by Gasteiger charge is -2.07. The number of nitrogens with zero attached hydrogens (tertiary/aromatic N) is 2. The first kappa shape index (κ1) is 14.8. The van der Waals surface area contributed by atoms with Gasteiger partial charge in [0, 0.05) is 12.6 Å². The fourth-order valence-electron chi connectivity index (χ4n) is 2.24. The van der Waals surface area contributed by atoms with E-state index in [9.17, 15) is 4.79 Å². The van der Waals surface area contributed by atoms with Gasteiger partial charge in [0.15, 0.2) is 0 Å². The number of rotatable bonds is 6. The Hall–Kier alpha value is -3.15. The second-order valence-electron chi connectivity index (χ2n) is 4.88. The largest absolute Gasteiger partial charge is 0.477 e. The van der Waals surface area contributed by atoms with Crippen LogP contribution in [-0.2, 0) is 11.2 Å². The van der Waals surface area contributed by atoms with Crippen molar-refractivity contribution in [2.45, 2.75) is 6.42 Å². The highest BCUT2D eigenvalue weighted by Crippen LogP contribution is 2.29. The summed E-state index contributed by atoms with van der Waals surface area (Å²) in [6.07, 6.45) is 5.06. The first-order valence-corrected chi connectivity index (χ1v) is 7.20. The van der Waals surface area contributed by atoms with Gasteiger partial charge in [0.2, 0.25) is 11.8 Å². The van der Waals surface area contributed by atoms with Crippen molar-refractivity contribution >= 4 is 22.6 Å². The monoisotopic (exact) mass is 308 g/mol. The van der Waals surface area contributed by atoms with E-state index < -0.39 is 0 Å². The zero-order chi connectivity index (χ0) is 16.1. The van der Waals surface area contributed by atoms with E-state index in [1.165, 1.54) is 18.0 Å². The minimum Gasteiger partial charge on any atom is -0.477 e. The van der Waals surface area contributed by atoms with Crippen molar-refractivity contribution in [3.8, 4) is 5.88 Å². The molecule has 1 amide bonds. The van der Waals surface area contributed by atoms with E-state index in [1.54, 1.807) is 6.20 Å². The average molecular weight is 308 g/mol. The highest BCUT2D eigenvalue weighted by Gasteiger charge is 2.13. The van der Waals surface area contributed by atoms with E-state index in [2.05, 4.69) is 26.8 Å². The maximum absolute atomic E-state index is 11.5. The van der Waals surface area contributed by atoms with Crippen molar-refractivity contribution in [2.24, 2.45) is 0 Å². The molecular weight excluding hydrogens is 292 g/mol. The van der Waals surface area contributed by atoms with E-state index in [0.717, 1.165) is 6.42 Å². The van der Waals surface area contributed by atoms with E-state index >= 15 is 0 Å². The molecule has 0 fully saturated rings. The highest BCUT2D eigenvalue weighted by atomic mass is 16.5. The maximum atomic E-state index is 11.5. The number of amides is 1. The first-order chi connectivity index (χ1) is 11.3. The molecular formula is C17H16N4O2. The van der Waals surface area contributed by atoms with Gasteiger partial charge >= 0.3 is 0 Å². The maximum Gasteiger partial charge on any atom is 0.247 e. The van der Waals surface area contributed by atoms with Crippen LogP contribution in [0.15, 0.2) is 55.5 Å². The number of anilines is 1. The molecule has 3 aromatic rings. The Morgan fingerprint density at radius 1 is 1.30 bits per heavy atom. The smallest absolute Gasteiger partial charge is 0.247 e. The molecule has 116 valence electrons. The van der Waals surface area contributed by atoms with Crippen LogP contribution in [0.3, 0.4) is 0 Å². The number of hydrogen-bond acceptors (Lipinski definition) is 4. The Labute approximate surface area is 133 Å². The summed E-state index contributed by atoms with van der Waals surface area (Å²) < 4.78 is 5.79. The lowest BCUT2D eigenvalue weighted by molar-refractivity contribution is -0.111. The molecule has 0 aliphatic heterocycles. The number of hydrogen-bond donors (Lipinski definition) is 2. The fourth-order valence-corrected chi connectivity index (χ4v) is 2.24. The number of benzene rings is 1. The molecule has 23 heavy (non-hydrogen) atoms. The Balaban J connectivity index is 1.78. The van der Waals surface area contributed by atoms with Crippen LogP contribution in [0, 0.1) is 0 Å². The number of fused-ring (bicyclic) bond motifs is 1. The number of nitrogens with one attached hydrogen (secondary N) is 2. The number of ether oxygens (including phenoxy) is 1. The van der Waals surface area contributed by atoms with Crippen LogP contribution in [0.25, 0.3) is 11.0 Å². The number of aromatic nitrogens is 3. The molecule has 0 aliphatic rings. The molecule has 0 bridgehead atoms. The summed E-state index contributed by atoms with van der Waals surface area (Å²) in [7, 11) is 0. The molecule has 0 saturated carbocycles. The van der Waals surface area contributed by atoms with Crippen molar-refractivity contribution in [1.82, 2.24) is 15.0 Å². The van der Waals surface area contributed by atoms with Crippen LogP contribution in [0.1, 0.15) is 5.56 Å². The first-order valence-electron chi connectivity index (χ1n) is 7.20. The van der Waals surface area contributed by atoms with Crippen LogP contribution >= 0.6 is 0 Å². The van der Waals surface area contributed by atoms with Gasteiger partial charge in [-0.2, -0.15) is 0 Å². The summed E-state index contributed by atoms with van der Waals surface area (Å²) >= 11 is 0. The summed E-state index contributed by atoms with van der Waals surface area (Å²) in [6.45, 7) is 3.92. The van der Waals surface area contributed by atoms with Gasteiger partial charge in [0.05, 0.1) is 12.3 Å². The summed E-state index contributed by atoms with van der Waals surface area (Å²) in [5, 5.41) is 3.36. The predicted molar refractivity (Wildman–Crippen MR) is 88.4 cm³/mol. The third-order valence-electron chi connectivity index (χ3n) is 3.35. The van der Waals surface area contributed by atoms with E-state index in [1.807, 2.05) is 30.3 Å². The van der Waals surface area contributed by atoms with Gasteiger partial charge < -0.3 is 15.0 Å². The van der Waals surface area contributed by atoms with Crippen molar-refractivity contribution in [3.05, 3.63) is 61.1 Å². The van der Waals surface area contributed by atoms with E-state index in [0.29, 0.717) is 29.2 Å². The normalized spacial score (nSPS) is 10.4. The standard InChI is InChI=1S/C17H16N4O2/c1-2-14(22)21-13-10-18-16-15(13)17(20-11-19-16)23-9-8-12-6-4-3-5-7-12/h2-7,10-11H,1,8-9H2,(H,21,22)(H,18,19,20). The highest BCUT2D eigenvalue weighted by molar-refractivity contribution is 6.06. The van der Waals surface area contributed by atoms with Gasteiger partial charge in [-0.05, 0) is 11.6 Å². The van der Waals surface area contributed by atoms with Crippen LogP contribution in [-0.4, -0.2) is 27.5 Å². The molecule has 0 aliphatic carbocycles. The molecule has 1 aromatic carbocycles. The van der Waals surface area contributed by atoms with Gasteiger partial charge in [-0.1, -0.05) is 36.9 Å². The Bertz CT molecular complexity index is 827. The lowest BCUT2D eigenvalue weighted by atomic mass is 10.2.